The van der Waals surface area contributed by atoms with E-state index in [2.05, 4.69) is 32.2 Å². The van der Waals surface area contributed by atoms with E-state index >= 15 is 0 Å². The van der Waals surface area contributed by atoms with Crippen LogP contribution in [-0.4, -0.2) is 44.9 Å². The monoisotopic (exact) mass is 504 g/mol. The van der Waals surface area contributed by atoms with Crippen LogP contribution < -0.4 is 0 Å². The molecule has 4 N–H and O–H groups in total. The van der Waals surface area contributed by atoms with Crippen LogP contribution in [0.15, 0.2) is 12.2 Å². The quantitative estimate of drug-likeness (QED) is 0.202. The standard InChI is InChI=1S/C30H48O6/c1-17(2)21(36-35)8-7-18(3)19-9-11-27(5)24-20(31)15-22-28(6,25(33)34)23(32)10-12-29(22)16-30(24,29)14-13-26(19,27)4/h18-24,31-32,35H,1,7-16H2,2-6H3,(H,33,34)/t18-,19-,20-,21-,22-,23-,24-,26+,27-,28-,29+,30-/m1/s1. The zero-order valence-electron chi connectivity index (χ0n) is 22.9. The minimum Gasteiger partial charge on any atom is -0.481 e. The van der Waals surface area contributed by atoms with E-state index in [4.69, 9.17) is 0 Å². The SMILES string of the molecule is C=C(C)[C@@H](CC[C@@H](C)[C@H]1CC[C@]2(C)[C@H]3[C@H](O)C[C@@H]4[C@@](C)(C(=O)O)[C@H](O)CC[C@]45C[C@]35CC[C@@]12C)OO. The molecule has 36 heavy (non-hydrogen) atoms. The normalized spacial score (nSPS) is 52.8. The van der Waals surface area contributed by atoms with Crippen LogP contribution in [0.3, 0.4) is 0 Å². The van der Waals surface area contributed by atoms with Gasteiger partial charge in [0, 0.05) is 0 Å². The molecule has 0 aliphatic heterocycles. The Kier molecular flexibility index (Phi) is 6.12. The highest BCUT2D eigenvalue weighted by Gasteiger charge is 2.84. The zero-order valence-corrected chi connectivity index (χ0v) is 22.9. The van der Waals surface area contributed by atoms with Crippen LogP contribution in [-0.2, 0) is 9.68 Å². The van der Waals surface area contributed by atoms with Crippen LogP contribution in [0.2, 0.25) is 0 Å². The first-order valence-corrected chi connectivity index (χ1v) is 14.3. The molecule has 5 aliphatic carbocycles. The second kappa shape index (κ2) is 8.27. The van der Waals surface area contributed by atoms with Crippen molar-refractivity contribution in [2.45, 2.75) is 117 Å². The first-order chi connectivity index (χ1) is 16.7. The van der Waals surface area contributed by atoms with E-state index in [1.165, 1.54) is 0 Å². The fourth-order valence-corrected chi connectivity index (χ4v) is 11.3. The lowest BCUT2D eigenvalue weighted by Gasteiger charge is -2.64. The van der Waals surface area contributed by atoms with E-state index < -0.39 is 23.6 Å². The number of carbonyl (C=O) groups is 1. The van der Waals surface area contributed by atoms with Crippen molar-refractivity contribution >= 4 is 5.97 Å². The minimum absolute atomic E-state index is 0.00828. The second-order valence-corrected chi connectivity index (χ2v) is 14.4. The Labute approximate surface area is 216 Å². The molecule has 5 fully saturated rings. The smallest absolute Gasteiger partial charge is 0.312 e. The summed E-state index contributed by atoms with van der Waals surface area (Å²) in [6.45, 7) is 14.8. The summed E-state index contributed by atoms with van der Waals surface area (Å²) in [6, 6.07) is 0. The maximum absolute atomic E-state index is 12.5. The van der Waals surface area contributed by atoms with Crippen molar-refractivity contribution in [1.82, 2.24) is 0 Å². The molecular formula is C30H48O6. The lowest BCUT2D eigenvalue weighted by atomic mass is 9.41. The van der Waals surface area contributed by atoms with Crippen molar-refractivity contribution in [3.8, 4) is 0 Å². The maximum Gasteiger partial charge on any atom is 0.312 e. The van der Waals surface area contributed by atoms with Gasteiger partial charge in [-0.3, -0.25) is 10.1 Å². The van der Waals surface area contributed by atoms with Crippen molar-refractivity contribution in [3.63, 3.8) is 0 Å². The topological polar surface area (TPSA) is 107 Å². The van der Waals surface area contributed by atoms with Crippen LogP contribution in [0.5, 0.6) is 0 Å². The van der Waals surface area contributed by atoms with E-state index in [1.54, 1.807) is 6.92 Å². The minimum atomic E-state index is -1.18. The molecule has 0 saturated heterocycles. The summed E-state index contributed by atoms with van der Waals surface area (Å²) in [5, 5.41) is 42.2. The summed E-state index contributed by atoms with van der Waals surface area (Å²) in [5.74, 6) is 0.132. The van der Waals surface area contributed by atoms with Gasteiger partial charge in [-0.25, -0.2) is 4.89 Å². The van der Waals surface area contributed by atoms with Crippen LogP contribution in [0.1, 0.15) is 98.8 Å². The third-order valence-corrected chi connectivity index (χ3v) is 13.5. The third kappa shape index (κ3) is 3.08. The first kappa shape index (κ1) is 26.6. The molecule has 204 valence electrons. The lowest BCUT2D eigenvalue weighted by molar-refractivity contribution is -0.270. The molecule has 0 aromatic rings. The summed E-state index contributed by atoms with van der Waals surface area (Å²) >= 11 is 0. The average Bonchev–Trinajstić information content (AvgIpc) is 3.37. The Morgan fingerprint density at radius 3 is 2.33 bits per heavy atom. The Morgan fingerprint density at radius 1 is 1.03 bits per heavy atom. The molecule has 0 unspecified atom stereocenters. The molecule has 0 radical (unpaired) electrons. The van der Waals surface area contributed by atoms with Gasteiger partial charge in [0.25, 0.3) is 0 Å². The molecule has 5 aliphatic rings. The Hall–Kier alpha value is -0.950. The van der Waals surface area contributed by atoms with Gasteiger partial charge in [-0.15, -0.1) is 0 Å². The molecule has 2 spiro atoms. The van der Waals surface area contributed by atoms with E-state index in [0.717, 1.165) is 56.9 Å². The molecule has 6 heteroatoms. The number of aliphatic hydroxyl groups is 2. The van der Waals surface area contributed by atoms with Crippen LogP contribution in [0, 0.1) is 50.7 Å². The summed E-state index contributed by atoms with van der Waals surface area (Å²) in [5.41, 5.74) is -0.260. The van der Waals surface area contributed by atoms with Crippen molar-refractivity contribution in [1.29, 1.82) is 0 Å². The van der Waals surface area contributed by atoms with Crippen LogP contribution in [0.4, 0.5) is 0 Å². The van der Waals surface area contributed by atoms with Gasteiger partial charge in [-0.1, -0.05) is 27.4 Å². The molecule has 0 aromatic carbocycles. The van der Waals surface area contributed by atoms with Crippen molar-refractivity contribution < 1.29 is 30.3 Å². The Balaban J connectivity index is 1.43. The van der Waals surface area contributed by atoms with Gasteiger partial charge in [0.1, 0.15) is 6.10 Å². The van der Waals surface area contributed by atoms with Gasteiger partial charge < -0.3 is 15.3 Å². The van der Waals surface area contributed by atoms with Gasteiger partial charge in [0.15, 0.2) is 0 Å². The molecule has 5 saturated carbocycles. The van der Waals surface area contributed by atoms with Gasteiger partial charge in [-0.2, -0.15) is 0 Å². The number of carboxylic acids is 1. The lowest BCUT2D eigenvalue weighted by Crippen LogP contribution is -2.63. The predicted molar refractivity (Wildman–Crippen MR) is 137 cm³/mol. The Bertz CT molecular complexity index is 934. The van der Waals surface area contributed by atoms with E-state index in [1.807, 2.05) is 6.92 Å². The summed E-state index contributed by atoms with van der Waals surface area (Å²) in [7, 11) is 0. The highest BCUT2D eigenvalue weighted by molar-refractivity contribution is 5.76. The van der Waals surface area contributed by atoms with Crippen LogP contribution >= 0.6 is 0 Å². The molecule has 0 aromatic heterocycles. The van der Waals surface area contributed by atoms with E-state index in [0.29, 0.717) is 24.7 Å². The van der Waals surface area contributed by atoms with Gasteiger partial charge >= 0.3 is 5.97 Å². The fraction of sp³-hybridized carbons (Fsp3) is 0.900. The zero-order chi connectivity index (χ0) is 26.5. The van der Waals surface area contributed by atoms with Gasteiger partial charge in [0.2, 0.25) is 0 Å². The third-order valence-electron chi connectivity index (χ3n) is 13.5. The van der Waals surface area contributed by atoms with Crippen molar-refractivity contribution in [3.05, 3.63) is 12.2 Å². The number of rotatable bonds is 7. The molecular weight excluding hydrogens is 456 g/mol. The number of aliphatic hydroxyl groups excluding tert-OH is 2. The largest absolute Gasteiger partial charge is 0.481 e. The second-order valence-electron chi connectivity index (χ2n) is 14.4. The molecule has 5 rings (SSSR count). The average molecular weight is 505 g/mol. The fourth-order valence-electron chi connectivity index (χ4n) is 11.3. The number of fused-ring (bicyclic) bond motifs is 2. The molecule has 0 amide bonds. The van der Waals surface area contributed by atoms with Gasteiger partial charge in [-0.05, 0) is 129 Å². The maximum atomic E-state index is 12.5. The summed E-state index contributed by atoms with van der Waals surface area (Å²) in [4.78, 5) is 17.2. The number of aliphatic carboxylic acids is 1. The molecule has 0 heterocycles. The molecule has 0 bridgehead atoms. The van der Waals surface area contributed by atoms with Gasteiger partial charge in [0.05, 0.1) is 17.6 Å². The number of hydrogen-bond donors (Lipinski definition) is 4. The Morgan fingerprint density at radius 2 is 1.72 bits per heavy atom. The van der Waals surface area contributed by atoms with E-state index in [-0.39, 0.29) is 39.6 Å². The van der Waals surface area contributed by atoms with Crippen molar-refractivity contribution in [2.75, 3.05) is 0 Å². The highest BCUT2D eigenvalue weighted by atomic mass is 17.1. The highest BCUT2D eigenvalue weighted by Crippen LogP contribution is 2.89. The summed E-state index contributed by atoms with van der Waals surface area (Å²) < 4.78 is 0. The molecule has 6 nitrogen and oxygen atoms in total. The number of carboxylic acid groups (broad SMARTS) is 1. The molecule has 12 atom stereocenters. The first-order valence-electron chi connectivity index (χ1n) is 14.3. The van der Waals surface area contributed by atoms with Crippen LogP contribution in [0.25, 0.3) is 0 Å². The van der Waals surface area contributed by atoms with Crippen molar-refractivity contribution in [2.24, 2.45) is 50.7 Å². The van der Waals surface area contributed by atoms with E-state index in [9.17, 15) is 25.4 Å². The summed E-state index contributed by atoms with van der Waals surface area (Å²) in [6.07, 6.45) is 7.39. The predicted octanol–water partition coefficient (Wildman–Crippen LogP) is 5.67. The number of hydrogen-bond acceptors (Lipinski definition) is 5.